The Bertz CT molecular complexity index is 1640. The van der Waals surface area contributed by atoms with E-state index in [9.17, 15) is 9.59 Å². The molecule has 6 rings (SSSR count). The topological polar surface area (TPSA) is 116 Å². The maximum atomic E-state index is 12.0. The van der Waals surface area contributed by atoms with Crippen LogP contribution in [0.2, 0.25) is 0 Å². The largest absolute Gasteiger partial charge is 0.513 e. The molecule has 2 saturated heterocycles. The van der Waals surface area contributed by atoms with Gasteiger partial charge < -0.3 is 38.7 Å². The Morgan fingerprint density at radius 3 is 1.47 bits per heavy atom. The van der Waals surface area contributed by atoms with Crippen molar-refractivity contribution in [2.24, 2.45) is 0 Å². The second-order valence-corrected chi connectivity index (χ2v) is 13.2. The predicted octanol–water partition coefficient (Wildman–Crippen LogP) is 5.38. The van der Waals surface area contributed by atoms with Gasteiger partial charge in [0.05, 0.1) is 0 Å². The van der Waals surface area contributed by atoms with Crippen LogP contribution >= 0.6 is 0 Å². The molecule has 2 aliphatic rings. The fourth-order valence-electron chi connectivity index (χ4n) is 6.06. The molecule has 0 spiro atoms. The highest BCUT2D eigenvalue weighted by atomic mass is 16.7. The van der Waals surface area contributed by atoms with Gasteiger partial charge in [-0.1, -0.05) is 12.1 Å². The maximum Gasteiger partial charge on any atom is 0.513 e. The van der Waals surface area contributed by atoms with E-state index in [1.165, 1.54) is 19.3 Å². The third-order valence-corrected chi connectivity index (χ3v) is 8.94. The number of hydrogen-bond donors (Lipinski definition) is 2. The highest BCUT2D eigenvalue weighted by Gasteiger charge is 2.18. The van der Waals surface area contributed by atoms with E-state index in [-0.39, 0.29) is 0 Å². The lowest BCUT2D eigenvalue weighted by Crippen LogP contribution is -2.39. The second-order valence-electron chi connectivity index (χ2n) is 13.2. The van der Waals surface area contributed by atoms with Crippen LogP contribution in [0, 0.1) is 0 Å². The first kappa shape index (κ1) is 36.2. The summed E-state index contributed by atoms with van der Waals surface area (Å²) in [6.45, 7) is 8.53. The molecule has 2 N–H and O–H groups in total. The number of likely N-dealkylation sites (N-methyl/N-ethyl adjacent to an activating group) is 2. The first-order valence-electron chi connectivity index (χ1n) is 17.4. The summed E-state index contributed by atoms with van der Waals surface area (Å²) in [5.41, 5.74) is 4.22. The summed E-state index contributed by atoms with van der Waals surface area (Å²) in [6.07, 6.45) is 8.17. The molecular formula is C37H52N6O6. The zero-order valence-electron chi connectivity index (χ0n) is 29.5. The standard InChI is InChI=1S/C19H27N3O3.C18H25N3O3/c1-21(2)11-8-15-14-20-16-6-5-7-17(18(15)16)25-19(23)24-13-12-22-9-3-4-10-22;1-20(2)10-7-14-13-19-15-5-3-6-16(17(14)15)24-18(22)23-12-11-21-8-4-9-21/h5-7,14,20H,3-4,8-13H2,1-2H3;3,5-6,13,19H,4,7-12H2,1-2H3. The number of carbonyl (C=O) groups is 2. The molecule has 0 unspecified atom stereocenters. The van der Waals surface area contributed by atoms with Crippen molar-refractivity contribution in [3.05, 3.63) is 59.9 Å². The molecule has 4 aromatic rings. The van der Waals surface area contributed by atoms with Crippen molar-refractivity contribution in [1.29, 1.82) is 0 Å². The summed E-state index contributed by atoms with van der Waals surface area (Å²) in [7, 11) is 8.18. The van der Waals surface area contributed by atoms with Crippen LogP contribution in [0.25, 0.3) is 21.8 Å². The Morgan fingerprint density at radius 1 is 0.653 bits per heavy atom. The molecular weight excluding hydrogens is 624 g/mol. The first-order valence-corrected chi connectivity index (χ1v) is 17.4. The molecule has 2 aliphatic heterocycles. The van der Waals surface area contributed by atoms with Gasteiger partial charge in [-0.05, 0) is 122 Å². The van der Waals surface area contributed by atoms with Gasteiger partial charge in [0, 0.05) is 60.4 Å². The van der Waals surface area contributed by atoms with Gasteiger partial charge in [0.15, 0.2) is 0 Å². The lowest BCUT2D eigenvalue weighted by molar-refractivity contribution is 0.0756. The summed E-state index contributed by atoms with van der Waals surface area (Å²) in [5.74, 6) is 1.11. The van der Waals surface area contributed by atoms with Gasteiger partial charge in [-0.15, -0.1) is 0 Å². The normalized spacial score (nSPS) is 15.0. The number of nitrogens with zero attached hydrogens (tertiary/aromatic N) is 4. The van der Waals surface area contributed by atoms with E-state index in [0.29, 0.717) is 24.7 Å². The van der Waals surface area contributed by atoms with Gasteiger partial charge in [-0.2, -0.15) is 0 Å². The molecule has 12 heteroatoms. The maximum absolute atomic E-state index is 12.0. The number of carbonyl (C=O) groups excluding carboxylic acids is 2. The molecule has 2 aromatic carbocycles. The zero-order valence-corrected chi connectivity index (χ0v) is 29.5. The number of hydrogen-bond acceptors (Lipinski definition) is 10. The van der Waals surface area contributed by atoms with Crippen LogP contribution in [0.1, 0.15) is 30.4 Å². The molecule has 0 atom stereocenters. The van der Waals surface area contributed by atoms with Crippen LogP contribution in [0.4, 0.5) is 9.59 Å². The number of H-pyrrole nitrogens is 2. The quantitative estimate of drug-likeness (QED) is 0.133. The molecule has 12 nitrogen and oxygen atoms in total. The molecule has 0 radical (unpaired) electrons. The Kier molecular flexibility index (Phi) is 13.3. The summed E-state index contributed by atoms with van der Waals surface area (Å²) < 4.78 is 21.4. The van der Waals surface area contributed by atoms with E-state index in [1.54, 1.807) is 0 Å². The van der Waals surface area contributed by atoms with E-state index in [1.807, 2.05) is 77.0 Å². The van der Waals surface area contributed by atoms with E-state index < -0.39 is 12.3 Å². The lowest BCUT2D eigenvalue weighted by atomic mass is 10.1. The van der Waals surface area contributed by atoms with Gasteiger partial charge >= 0.3 is 12.3 Å². The number of fused-ring (bicyclic) bond motifs is 2. The molecule has 2 fully saturated rings. The van der Waals surface area contributed by atoms with Crippen LogP contribution < -0.4 is 9.47 Å². The highest BCUT2D eigenvalue weighted by Crippen LogP contribution is 2.31. The van der Waals surface area contributed by atoms with E-state index >= 15 is 0 Å². The number of ether oxygens (including phenoxy) is 4. The van der Waals surface area contributed by atoms with Crippen molar-refractivity contribution in [1.82, 2.24) is 29.6 Å². The minimum absolute atomic E-state index is 0.370. The Labute approximate surface area is 289 Å². The summed E-state index contributed by atoms with van der Waals surface area (Å²) in [5, 5.41) is 1.92. The lowest BCUT2D eigenvalue weighted by Gasteiger charge is -2.29. The minimum atomic E-state index is -0.636. The van der Waals surface area contributed by atoms with Gasteiger partial charge in [0.2, 0.25) is 0 Å². The summed E-state index contributed by atoms with van der Waals surface area (Å²) in [6, 6.07) is 11.3. The van der Waals surface area contributed by atoms with Crippen molar-refractivity contribution in [2.75, 3.05) is 93.8 Å². The molecule has 266 valence electrons. The molecule has 4 heterocycles. The van der Waals surface area contributed by atoms with Crippen LogP contribution in [0.3, 0.4) is 0 Å². The van der Waals surface area contributed by atoms with Gasteiger partial charge in [-0.25, -0.2) is 9.59 Å². The zero-order chi connectivity index (χ0) is 34.6. The minimum Gasteiger partial charge on any atom is -0.433 e. The molecule has 0 aliphatic carbocycles. The third kappa shape index (κ3) is 10.7. The highest BCUT2D eigenvalue weighted by molar-refractivity contribution is 5.91. The monoisotopic (exact) mass is 676 g/mol. The summed E-state index contributed by atoms with van der Waals surface area (Å²) in [4.78, 5) is 39.3. The SMILES string of the molecule is CN(C)CCc1c[nH]c2cccc(OC(=O)OCCN3CCC3)c12.CN(C)CCc1c[nH]c2cccc(OC(=O)OCCN3CCCC3)c12. The van der Waals surface area contributed by atoms with E-state index in [4.69, 9.17) is 18.9 Å². The molecule has 49 heavy (non-hydrogen) atoms. The third-order valence-electron chi connectivity index (χ3n) is 8.94. The molecule has 0 saturated carbocycles. The van der Waals surface area contributed by atoms with E-state index in [0.717, 1.165) is 98.1 Å². The Hall–Kier alpha value is -4.10. The van der Waals surface area contributed by atoms with Crippen molar-refractivity contribution >= 4 is 34.1 Å². The van der Waals surface area contributed by atoms with Gasteiger partial charge in [0.1, 0.15) is 24.7 Å². The number of aromatic nitrogens is 2. The average molecular weight is 677 g/mol. The number of aromatic amines is 2. The second kappa shape index (κ2) is 18.1. The number of nitrogens with one attached hydrogen (secondary N) is 2. The summed E-state index contributed by atoms with van der Waals surface area (Å²) >= 11 is 0. The van der Waals surface area contributed by atoms with Crippen LogP contribution in [0.15, 0.2) is 48.8 Å². The van der Waals surface area contributed by atoms with E-state index in [2.05, 4.69) is 29.6 Å². The number of rotatable bonds is 14. The van der Waals surface area contributed by atoms with Crippen LogP contribution in [0.5, 0.6) is 11.5 Å². The van der Waals surface area contributed by atoms with Crippen molar-refractivity contribution in [2.45, 2.75) is 32.1 Å². The number of likely N-dealkylation sites (tertiary alicyclic amines) is 2. The van der Waals surface area contributed by atoms with Crippen molar-refractivity contribution < 1.29 is 28.5 Å². The Morgan fingerprint density at radius 2 is 1.08 bits per heavy atom. The fourth-order valence-corrected chi connectivity index (χ4v) is 6.06. The van der Waals surface area contributed by atoms with Gasteiger partial charge in [0.25, 0.3) is 0 Å². The molecule has 0 bridgehead atoms. The van der Waals surface area contributed by atoms with Crippen molar-refractivity contribution in [3.8, 4) is 11.5 Å². The van der Waals surface area contributed by atoms with Crippen LogP contribution in [-0.2, 0) is 22.3 Å². The molecule has 0 amide bonds. The van der Waals surface area contributed by atoms with Crippen LogP contribution in [-0.4, -0.2) is 136 Å². The number of benzene rings is 2. The molecule has 2 aromatic heterocycles. The average Bonchev–Trinajstić information content (AvgIpc) is 3.82. The van der Waals surface area contributed by atoms with Crippen molar-refractivity contribution in [3.63, 3.8) is 0 Å². The predicted molar refractivity (Wildman–Crippen MR) is 192 cm³/mol. The smallest absolute Gasteiger partial charge is 0.433 e. The fraction of sp³-hybridized carbons (Fsp3) is 0.514. The Balaban J connectivity index is 0.000000191. The first-order chi connectivity index (χ1) is 23.8. The van der Waals surface area contributed by atoms with Gasteiger partial charge in [-0.3, -0.25) is 9.80 Å².